The molecule has 0 spiro atoms. The van der Waals surface area contributed by atoms with Crippen LogP contribution in [0, 0.1) is 0 Å². The summed E-state index contributed by atoms with van der Waals surface area (Å²) in [6.45, 7) is 1.08. The minimum Gasteiger partial charge on any atom is -0.454 e. The Balaban J connectivity index is 2.05. The number of nitrogens with one attached hydrogen (secondary N) is 1. The van der Waals surface area contributed by atoms with Crippen LogP contribution in [0.1, 0.15) is 19.4 Å². The number of urea groups is 1. The molecule has 3 amide bonds. The van der Waals surface area contributed by atoms with Crippen molar-refractivity contribution in [2.45, 2.75) is 19.4 Å². The van der Waals surface area contributed by atoms with Crippen LogP contribution in [0.15, 0.2) is 24.3 Å². The van der Waals surface area contributed by atoms with Crippen LogP contribution in [0.3, 0.4) is 0 Å². The number of tetrazole rings is 1. The number of aromatic nitrogens is 4. The Morgan fingerprint density at radius 3 is 2.60 bits per heavy atom. The first-order valence-electron chi connectivity index (χ1n) is 7.22. The van der Waals surface area contributed by atoms with Crippen LogP contribution in [0.25, 0.3) is 11.4 Å². The predicted molar refractivity (Wildman–Crippen MR) is 86.3 cm³/mol. The highest BCUT2D eigenvalue weighted by molar-refractivity contribution is 6.30. The van der Waals surface area contributed by atoms with Crippen molar-refractivity contribution >= 4 is 29.5 Å². The van der Waals surface area contributed by atoms with Crippen LogP contribution >= 0.6 is 11.6 Å². The Morgan fingerprint density at radius 2 is 2.00 bits per heavy atom. The number of hydrogen-bond donors (Lipinski definition) is 2. The average molecular weight is 367 g/mol. The maximum absolute atomic E-state index is 12.1. The summed E-state index contributed by atoms with van der Waals surface area (Å²) in [4.78, 5) is 35.0. The van der Waals surface area contributed by atoms with Crippen molar-refractivity contribution in [2.24, 2.45) is 5.73 Å². The summed E-state index contributed by atoms with van der Waals surface area (Å²) < 4.78 is 4.84. The maximum atomic E-state index is 12.1. The number of carbonyl (C=O) groups is 3. The van der Waals surface area contributed by atoms with E-state index in [9.17, 15) is 14.4 Å². The summed E-state index contributed by atoms with van der Waals surface area (Å²) in [5.41, 5.74) is 5.47. The van der Waals surface area contributed by atoms with Gasteiger partial charge in [0, 0.05) is 10.6 Å². The fraction of sp³-hybridized carbons (Fsp3) is 0.286. The van der Waals surface area contributed by atoms with E-state index in [0.717, 1.165) is 4.80 Å². The highest BCUT2D eigenvalue weighted by atomic mass is 35.5. The first-order valence-corrected chi connectivity index (χ1v) is 7.60. The molecule has 0 bridgehead atoms. The lowest BCUT2D eigenvalue weighted by Gasteiger charge is -2.12. The van der Waals surface area contributed by atoms with E-state index in [2.05, 4.69) is 15.4 Å². The van der Waals surface area contributed by atoms with Crippen molar-refractivity contribution in [2.75, 3.05) is 6.61 Å². The van der Waals surface area contributed by atoms with E-state index in [0.29, 0.717) is 22.8 Å². The molecule has 0 aliphatic heterocycles. The van der Waals surface area contributed by atoms with Gasteiger partial charge in [-0.25, -0.2) is 9.59 Å². The van der Waals surface area contributed by atoms with Crippen molar-refractivity contribution in [1.29, 1.82) is 0 Å². The number of hydrogen-bond acceptors (Lipinski definition) is 7. The van der Waals surface area contributed by atoms with Gasteiger partial charge in [-0.1, -0.05) is 18.5 Å². The number of benzene rings is 1. The largest absolute Gasteiger partial charge is 0.454 e. The van der Waals surface area contributed by atoms with E-state index in [1.807, 2.05) is 0 Å². The van der Waals surface area contributed by atoms with E-state index in [1.165, 1.54) is 0 Å². The molecular weight excluding hydrogens is 352 g/mol. The quantitative estimate of drug-likeness (QED) is 0.715. The third kappa shape index (κ3) is 4.98. The zero-order valence-electron chi connectivity index (χ0n) is 13.2. The molecule has 0 radical (unpaired) electrons. The highest BCUT2D eigenvalue weighted by Gasteiger charge is 2.24. The molecule has 1 unspecified atom stereocenters. The molecule has 0 aliphatic rings. The van der Waals surface area contributed by atoms with Crippen LogP contribution in [0.2, 0.25) is 5.02 Å². The van der Waals surface area contributed by atoms with Crippen LogP contribution in [-0.2, 0) is 14.3 Å². The number of halogens is 1. The number of esters is 1. The van der Waals surface area contributed by atoms with Gasteiger partial charge >= 0.3 is 12.0 Å². The standard InChI is InChI=1S/C14H15ClN6O4/c1-2-10(13(23)25-7-11(22)17-14(16)24)21-19-12(18-20-21)8-3-5-9(15)6-4-8/h3-6,10H,2,7H2,1H3,(H3,16,17,22,24). The monoisotopic (exact) mass is 366 g/mol. The summed E-state index contributed by atoms with van der Waals surface area (Å²) in [5.74, 6) is -1.25. The van der Waals surface area contributed by atoms with Crippen LogP contribution < -0.4 is 11.1 Å². The van der Waals surface area contributed by atoms with Gasteiger partial charge in [0.1, 0.15) is 0 Å². The molecule has 1 aromatic heterocycles. The molecule has 0 aliphatic carbocycles. The Labute approximate surface area is 147 Å². The molecule has 1 aromatic carbocycles. The number of amides is 3. The molecule has 2 aromatic rings. The van der Waals surface area contributed by atoms with E-state index in [4.69, 9.17) is 22.1 Å². The van der Waals surface area contributed by atoms with Gasteiger partial charge in [-0.05, 0) is 35.9 Å². The van der Waals surface area contributed by atoms with Gasteiger partial charge in [0.15, 0.2) is 12.6 Å². The van der Waals surface area contributed by atoms with Gasteiger partial charge in [0.25, 0.3) is 5.91 Å². The maximum Gasteiger partial charge on any atom is 0.333 e. The Bertz CT molecular complexity index is 776. The summed E-state index contributed by atoms with van der Waals surface area (Å²) >= 11 is 5.83. The van der Waals surface area contributed by atoms with Crippen LogP contribution in [0.5, 0.6) is 0 Å². The third-order valence-corrected chi connectivity index (χ3v) is 3.33. The van der Waals surface area contributed by atoms with E-state index < -0.39 is 30.6 Å². The average Bonchev–Trinajstić information content (AvgIpc) is 3.03. The lowest BCUT2D eigenvalue weighted by atomic mass is 10.2. The predicted octanol–water partition coefficient (Wildman–Crippen LogP) is 0.683. The van der Waals surface area contributed by atoms with E-state index in [-0.39, 0.29) is 0 Å². The Kier molecular flexibility index (Phi) is 6.01. The molecule has 2 rings (SSSR count). The first kappa shape index (κ1) is 18.3. The SMILES string of the molecule is CCC(C(=O)OCC(=O)NC(N)=O)n1nnc(-c2ccc(Cl)cc2)n1. The number of primary amides is 1. The number of nitrogens with zero attached hydrogens (tertiary/aromatic N) is 4. The molecular formula is C14H15ClN6O4. The van der Waals surface area contributed by atoms with Gasteiger partial charge < -0.3 is 10.5 Å². The smallest absolute Gasteiger partial charge is 0.333 e. The second-order valence-corrected chi connectivity index (χ2v) is 5.32. The number of imide groups is 1. The van der Waals surface area contributed by atoms with Crippen molar-refractivity contribution < 1.29 is 19.1 Å². The van der Waals surface area contributed by atoms with Crippen LogP contribution in [0.4, 0.5) is 4.79 Å². The number of nitrogens with two attached hydrogens (primary N) is 1. The van der Waals surface area contributed by atoms with E-state index in [1.54, 1.807) is 36.5 Å². The molecule has 0 saturated carbocycles. The number of rotatable bonds is 6. The van der Waals surface area contributed by atoms with Crippen molar-refractivity contribution in [3.05, 3.63) is 29.3 Å². The van der Waals surface area contributed by atoms with Gasteiger partial charge in [-0.3, -0.25) is 10.1 Å². The minimum atomic E-state index is -1.03. The van der Waals surface area contributed by atoms with Gasteiger partial charge in [-0.2, -0.15) is 0 Å². The lowest BCUT2D eigenvalue weighted by Crippen LogP contribution is -2.38. The van der Waals surface area contributed by atoms with Crippen LogP contribution in [-0.4, -0.2) is 44.7 Å². The Hall–Kier alpha value is -3.01. The fourth-order valence-corrected chi connectivity index (χ4v) is 2.03. The molecule has 3 N–H and O–H groups in total. The lowest BCUT2D eigenvalue weighted by molar-refractivity contribution is -0.152. The summed E-state index contributed by atoms with van der Waals surface area (Å²) in [5, 5.41) is 14.3. The molecule has 25 heavy (non-hydrogen) atoms. The van der Waals surface area contributed by atoms with Crippen molar-refractivity contribution in [3.8, 4) is 11.4 Å². The molecule has 10 nitrogen and oxygen atoms in total. The highest BCUT2D eigenvalue weighted by Crippen LogP contribution is 2.18. The Morgan fingerprint density at radius 1 is 1.32 bits per heavy atom. The number of carbonyl (C=O) groups excluding carboxylic acids is 3. The zero-order valence-corrected chi connectivity index (χ0v) is 13.9. The van der Waals surface area contributed by atoms with Gasteiger partial charge in [0.05, 0.1) is 0 Å². The molecule has 1 heterocycles. The topological polar surface area (TPSA) is 142 Å². The third-order valence-electron chi connectivity index (χ3n) is 3.08. The zero-order chi connectivity index (χ0) is 18.4. The first-order chi connectivity index (χ1) is 11.9. The van der Waals surface area contributed by atoms with Crippen molar-refractivity contribution in [3.63, 3.8) is 0 Å². The molecule has 11 heteroatoms. The van der Waals surface area contributed by atoms with Crippen molar-refractivity contribution in [1.82, 2.24) is 25.5 Å². The van der Waals surface area contributed by atoms with E-state index >= 15 is 0 Å². The minimum absolute atomic E-state index is 0.312. The second-order valence-electron chi connectivity index (χ2n) is 4.88. The second kappa shape index (κ2) is 8.20. The normalized spacial score (nSPS) is 11.6. The summed E-state index contributed by atoms with van der Waals surface area (Å²) in [6, 6.07) is 4.91. The summed E-state index contributed by atoms with van der Waals surface area (Å²) in [7, 11) is 0. The molecule has 1 atom stereocenters. The van der Waals surface area contributed by atoms with Gasteiger partial charge in [0.2, 0.25) is 5.82 Å². The molecule has 0 fully saturated rings. The number of ether oxygens (including phenoxy) is 1. The summed E-state index contributed by atoms with van der Waals surface area (Å²) in [6.07, 6.45) is 0.312. The molecule has 132 valence electrons. The fourth-order valence-electron chi connectivity index (χ4n) is 1.90. The molecule has 0 saturated heterocycles. The van der Waals surface area contributed by atoms with Gasteiger partial charge in [-0.15, -0.1) is 15.0 Å².